The van der Waals surface area contributed by atoms with Crippen LogP contribution < -0.4 is 0 Å². The fourth-order valence-corrected chi connectivity index (χ4v) is 0.999. The van der Waals surface area contributed by atoms with Crippen molar-refractivity contribution in [1.82, 2.24) is 8.77 Å². The Labute approximate surface area is 94.8 Å². The molecule has 0 spiro atoms. The summed E-state index contributed by atoms with van der Waals surface area (Å²) in [6.07, 6.45) is 1.59. The Balaban J connectivity index is 0.00000121. The van der Waals surface area contributed by atoms with Gasteiger partial charge >= 0.3 is 25.0 Å². The third kappa shape index (κ3) is 3.96. The number of hydroxylamine groups is 2. The number of thiol groups is 2. The molecule has 0 bridgehead atoms. The molecule has 1 saturated heterocycles. The van der Waals surface area contributed by atoms with Gasteiger partial charge in [0, 0.05) is 13.1 Å². The van der Waals surface area contributed by atoms with Crippen LogP contribution in [0.4, 0.5) is 4.79 Å². The molecule has 0 saturated carbocycles. The average Bonchev–Trinajstić information content (AvgIpc) is 2.39. The number of carbonyl (C=O) groups is 1. The number of nitrogens with zero attached hydrogens (tertiary/aromatic N) is 2. The van der Waals surface area contributed by atoms with Gasteiger partial charge in [0.25, 0.3) is 0 Å². The number of hydrogen-bond donors (Lipinski definition) is 2. The zero-order valence-electron chi connectivity index (χ0n) is 5.93. The molecule has 1 amide bonds. The molecule has 1 aliphatic rings. The summed E-state index contributed by atoms with van der Waals surface area (Å²) >= 11 is 7.32. The van der Waals surface area contributed by atoms with E-state index < -0.39 is 6.09 Å². The summed E-state index contributed by atoms with van der Waals surface area (Å²) in [5.74, 6) is 0. The molecule has 0 N–H and O–H groups in total. The topological polar surface area (TPSA) is 32.8 Å². The molecule has 4 nitrogen and oxygen atoms in total. The first-order chi connectivity index (χ1) is 5.20. The minimum atomic E-state index is -0.557. The maximum atomic E-state index is 10.8. The molecule has 0 aromatic rings. The van der Waals surface area contributed by atoms with Crippen LogP contribution in [0.15, 0.2) is 0 Å². The van der Waals surface area contributed by atoms with Gasteiger partial charge in [-0.3, -0.25) is 0 Å². The van der Waals surface area contributed by atoms with Crippen LogP contribution in [0.5, 0.6) is 0 Å². The quantitative estimate of drug-likeness (QED) is 0.479. The summed E-state index contributed by atoms with van der Waals surface area (Å²) < 4.78 is 0.818. The van der Waals surface area contributed by atoms with Gasteiger partial charge in [0.05, 0.1) is 0 Å². The molecule has 0 aliphatic carbocycles. The Bertz CT molecular complexity index is 152. The molecule has 1 rings (SSSR count). The third-order valence-corrected chi connectivity index (χ3v) is 1.76. The van der Waals surface area contributed by atoms with Gasteiger partial charge in [-0.05, 0) is 38.5 Å². The first-order valence-electron chi connectivity index (χ1n) is 3.35. The van der Waals surface area contributed by atoms with Crippen molar-refractivity contribution in [3.8, 4) is 0 Å². The Morgan fingerprint density at radius 1 is 1.33 bits per heavy atom. The zero-order chi connectivity index (χ0) is 8.27. The Kier molecular flexibility index (Phi) is 6.32. The van der Waals surface area contributed by atoms with Crippen LogP contribution in [0.1, 0.15) is 12.8 Å². The summed E-state index contributed by atoms with van der Waals surface area (Å²) in [6.45, 7) is 1.61. The summed E-state index contributed by atoms with van der Waals surface area (Å²) in [4.78, 5) is 15.6. The number of amides is 1. The van der Waals surface area contributed by atoms with Gasteiger partial charge in [0.1, 0.15) is 0 Å². The van der Waals surface area contributed by atoms with Gasteiger partial charge in [0.15, 0.2) is 0 Å². The fraction of sp³-hybridized carbons (Fsp3) is 0.800. The van der Waals surface area contributed by atoms with Crippen molar-refractivity contribution in [2.24, 2.45) is 0 Å². The van der Waals surface area contributed by atoms with Gasteiger partial charge in [0.2, 0.25) is 0 Å². The number of rotatable bonds is 1. The summed E-state index contributed by atoms with van der Waals surface area (Å²) in [7, 11) is 0. The summed E-state index contributed by atoms with van der Waals surface area (Å²) in [6, 6.07) is 0. The maximum absolute atomic E-state index is 10.8. The summed E-state index contributed by atoms with van der Waals surface area (Å²) in [5, 5.41) is 1.61. The third-order valence-electron chi connectivity index (χ3n) is 1.44. The second-order valence-corrected chi connectivity index (χ2v) is 3.40. The van der Waals surface area contributed by atoms with E-state index in [4.69, 9.17) is 4.84 Å². The van der Waals surface area contributed by atoms with Crippen molar-refractivity contribution < 1.29 is 9.63 Å². The van der Waals surface area contributed by atoms with E-state index in [1.807, 2.05) is 0 Å². The predicted molar refractivity (Wildman–Crippen MR) is 54.2 cm³/mol. The van der Waals surface area contributed by atoms with Gasteiger partial charge < -0.3 is 4.84 Å². The van der Waals surface area contributed by atoms with Crippen LogP contribution in [0.2, 0.25) is 0 Å². The van der Waals surface area contributed by atoms with E-state index in [-0.39, 0.29) is 18.9 Å². The number of carbonyl (C=O) groups excluding carboxylic acids is 1. The average molecular weight is 202 g/mol. The molecule has 0 unspecified atom stereocenters. The van der Waals surface area contributed by atoms with E-state index in [9.17, 15) is 4.79 Å². The van der Waals surface area contributed by atoms with Crippen molar-refractivity contribution in [3.63, 3.8) is 0 Å². The molecular weight excluding hydrogens is 191 g/mol. The molecule has 0 atom stereocenters. The normalized spacial score (nSPS) is 16.8. The van der Waals surface area contributed by atoms with Gasteiger partial charge in [-0.2, -0.15) is 3.71 Å². The van der Waals surface area contributed by atoms with E-state index >= 15 is 0 Å². The standard InChI is InChI=1S/C5H10N2O2S2.Li.H/c8-5(7(10)11)9-6-3-1-2-4-6;;/h10-11H,1-4H2;;. The van der Waals surface area contributed by atoms with E-state index in [1.165, 1.54) is 0 Å². The first kappa shape index (κ1) is 12.5. The molecule has 0 aromatic heterocycles. The SMILES string of the molecule is O=C(ON1CCCC1)N(S)S.[LiH]. The molecular formula is C5H11LiN2O2S2. The predicted octanol–water partition coefficient (Wildman–Crippen LogP) is 0.477. The van der Waals surface area contributed by atoms with Crippen molar-refractivity contribution in [3.05, 3.63) is 0 Å². The molecule has 0 aromatic carbocycles. The fourth-order valence-electron chi connectivity index (χ4n) is 0.926. The van der Waals surface area contributed by atoms with E-state index in [0.29, 0.717) is 0 Å². The van der Waals surface area contributed by atoms with Gasteiger partial charge in [-0.25, -0.2) is 4.79 Å². The van der Waals surface area contributed by atoms with Crippen molar-refractivity contribution >= 4 is 50.6 Å². The molecule has 12 heavy (non-hydrogen) atoms. The Hall–Kier alpha value is 0.527. The van der Waals surface area contributed by atoms with Gasteiger partial charge in [-0.15, -0.1) is 5.06 Å². The molecule has 0 radical (unpaired) electrons. The molecule has 1 fully saturated rings. The first-order valence-corrected chi connectivity index (χ1v) is 4.15. The zero-order valence-corrected chi connectivity index (χ0v) is 7.72. The van der Waals surface area contributed by atoms with E-state index in [1.54, 1.807) is 5.06 Å². The van der Waals surface area contributed by atoms with Crippen molar-refractivity contribution in [2.75, 3.05) is 13.1 Å². The van der Waals surface area contributed by atoms with Crippen LogP contribution in [-0.2, 0) is 4.84 Å². The summed E-state index contributed by atoms with van der Waals surface area (Å²) in [5.41, 5.74) is 0. The second kappa shape index (κ2) is 6.05. The molecule has 1 aliphatic heterocycles. The monoisotopic (exact) mass is 202 g/mol. The van der Waals surface area contributed by atoms with E-state index in [2.05, 4.69) is 25.6 Å². The minimum absolute atomic E-state index is 0. The molecule has 7 heteroatoms. The second-order valence-electron chi connectivity index (χ2n) is 2.28. The van der Waals surface area contributed by atoms with Crippen molar-refractivity contribution in [2.45, 2.75) is 12.8 Å². The van der Waals surface area contributed by atoms with Crippen LogP contribution in [0.3, 0.4) is 0 Å². The Morgan fingerprint density at radius 2 is 1.83 bits per heavy atom. The van der Waals surface area contributed by atoms with E-state index in [0.717, 1.165) is 29.6 Å². The molecule has 66 valence electrons. The molecule has 1 heterocycles. The van der Waals surface area contributed by atoms with Crippen LogP contribution >= 0.6 is 25.6 Å². The van der Waals surface area contributed by atoms with Crippen LogP contribution in [0, 0.1) is 0 Å². The van der Waals surface area contributed by atoms with Gasteiger partial charge in [-0.1, -0.05) is 0 Å². The van der Waals surface area contributed by atoms with Crippen LogP contribution in [-0.4, -0.2) is 46.8 Å². The van der Waals surface area contributed by atoms with Crippen molar-refractivity contribution in [1.29, 1.82) is 0 Å². The number of hydrogen-bond acceptors (Lipinski definition) is 5. The van der Waals surface area contributed by atoms with Crippen LogP contribution in [0.25, 0.3) is 0 Å². The Morgan fingerprint density at radius 3 is 2.25 bits per heavy atom.